The van der Waals surface area contributed by atoms with Crippen molar-refractivity contribution in [1.29, 1.82) is 0 Å². The van der Waals surface area contributed by atoms with Crippen LogP contribution in [0.15, 0.2) is 24.5 Å². The van der Waals surface area contributed by atoms with Gasteiger partial charge in [-0.25, -0.2) is 4.79 Å². The van der Waals surface area contributed by atoms with Crippen LogP contribution in [0.4, 0.5) is 0 Å². The first-order valence-corrected chi connectivity index (χ1v) is 4.12. The van der Waals surface area contributed by atoms with Crippen LogP contribution in [-0.2, 0) is 14.3 Å². The lowest BCUT2D eigenvalue weighted by Crippen LogP contribution is -2.06. The lowest BCUT2D eigenvalue weighted by molar-refractivity contribution is -0.139. The zero-order valence-corrected chi connectivity index (χ0v) is 8.26. The average Bonchev–Trinajstić information content (AvgIpc) is 2.11. The first kappa shape index (κ1) is 11.8. The summed E-state index contributed by atoms with van der Waals surface area (Å²) in [6, 6.07) is 0. The van der Waals surface area contributed by atoms with Gasteiger partial charge in [-0.2, -0.15) is 0 Å². The van der Waals surface area contributed by atoms with Gasteiger partial charge in [0, 0.05) is 12.0 Å². The smallest absolute Gasteiger partial charge is 0.333 e. The standard InChI is InChI=1S/C10H16O3/c1-8(2)10(11)13-7-5-6-9(3)12-4/h1,3,5-7H2,2,4H3. The fraction of sp³-hybridized carbons (Fsp3) is 0.500. The summed E-state index contributed by atoms with van der Waals surface area (Å²) in [6.07, 6.45) is 1.44. The predicted octanol–water partition coefficient (Wildman–Crippen LogP) is 2.05. The topological polar surface area (TPSA) is 35.5 Å². The number of carbonyl (C=O) groups is 1. The molecular formula is C10H16O3. The van der Waals surface area contributed by atoms with E-state index >= 15 is 0 Å². The van der Waals surface area contributed by atoms with Gasteiger partial charge in [0.1, 0.15) is 0 Å². The molecule has 0 aromatic carbocycles. The molecule has 0 fully saturated rings. The quantitative estimate of drug-likeness (QED) is 0.274. The van der Waals surface area contributed by atoms with Crippen molar-refractivity contribution in [3.8, 4) is 0 Å². The molecule has 0 spiro atoms. The molecule has 3 heteroatoms. The van der Waals surface area contributed by atoms with Gasteiger partial charge >= 0.3 is 5.97 Å². The average molecular weight is 184 g/mol. The van der Waals surface area contributed by atoms with E-state index in [0.717, 1.165) is 6.42 Å². The number of methoxy groups -OCH3 is 1. The normalized spacial score (nSPS) is 9.08. The van der Waals surface area contributed by atoms with Crippen molar-refractivity contribution in [1.82, 2.24) is 0 Å². The van der Waals surface area contributed by atoms with Crippen LogP contribution in [0.2, 0.25) is 0 Å². The van der Waals surface area contributed by atoms with Crippen LogP contribution in [-0.4, -0.2) is 19.7 Å². The zero-order chi connectivity index (χ0) is 10.3. The third kappa shape index (κ3) is 5.96. The second kappa shape index (κ2) is 6.29. The molecular weight excluding hydrogens is 168 g/mol. The fourth-order valence-electron chi connectivity index (χ4n) is 0.659. The second-order valence-electron chi connectivity index (χ2n) is 2.76. The SMILES string of the molecule is C=C(CCCOC(=O)C(=C)C)OC. The first-order valence-electron chi connectivity index (χ1n) is 4.12. The Labute approximate surface area is 79.0 Å². The van der Waals surface area contributed by atoms with E-state index in [1.165, 1.54) is 0 Å². The van der Waals surface area contributed by atoms with E-state index in [2.05, 4.69) is 13.2 Å². The maximum absolute atomic E-state index is 10.9. The second-order valence-corrected chi connectivity index (χ2v) is 2.76. The van der Waals surface area contributed by atoms with Crippen LogP contribution in [0.25, 0.3) is 0 Å². The zero-order valence-electron chi connectivity index (χ0n) is 8.26. The van der Waals surface area contributed by atoms with Gasteiger partial charge in [-0.15, -0.1) is 0 Å². The number of carbonyl (C=O) groups excluding carboxylic acids is 1. The van der Waals surface area contributed by atoms with E-state index in [0.29, 0.717) is 24.4 Å². The minimum absolute atomic E-state index is 0.344. The fourth-order valence-corrected chi connectivity index (χ4v) is 0.659. The number of hydrogen-bond donors (Lipinski definition) is 0. The third-order valence-corrected chi connectivity index (χ3v) is 1.47. The molecule has 0 saturated heterocycles. The monoisotopic (exact) mass is 184 g/mol. The first-order chi connectivity index (χ1) is 6.07. The van der Waals surface area contributed by atoms with Crippen LogP contribution in [0.5, 0.6) is 0 Å². The molecule has 0 rings (SSSR count). The van der Waals surface area contributed by atoms with Gasteiger partial charge in [0.2, 0.25) is 0 Å². The summed E-state index contributed by atoms with van der Waals surface area (Å²) >= 11 is 0. The summed E-state index contributed by atoms with van der Waals surface area (Å²) in [5, 5.41) is 0. The Morgan fingerprint density at radius 1 is 1.38 bits per heavy atom. The van der Waals surface area contributed by atoms with Crippen LogP contribution in [0.1, 0.15) is 19.8 Å². The van der Waals surface area contributed by atoms with Crippen LogP contribution in [0, 0.1) is 0 Å². The molecule has 3 nitrogen and oxygen atoms in total. The van der Waals surface area contributed by atoms with Gasteiger partial charge in [-0.3, -0.25) is 0 Å². The van der Waals surface area contributed by atoms with Crippen LogP contribution in [0.3, 0.4) is 0 Å². The molecule has 0 unspecified atom stereocenters. The minimum Gasteiger partial charge on any atom is -0.502 e. The van der Waals surface area contributed by atoms with E-state index in [4.69, 9.17) is 9.47 Å². The van der Waals surface area contributed by atoms with Crippen molar-refractivity contribution in [2.45, 2.75) is 19.8 Å². The van der Waals surface area contributed by atoms with E-state index in [1.54, 1.807) is 14.0 Å². The molecule has 13 heavy (non-hydrogen) atoms. The van der Waals surface area contributed by atoms with Crippen molar-refractivity contribution in [2.75, 3.05) is 13.7 Å². The molecule has 0 aliphatic rings. The summed E-state index contributed by atoms with van der Waals surface area (Å²) in [6.45, 7) is 9.12. The molecule has 0 atom stereocenters. The Morgan fingerprint density at radius 2 is 2.00 bits per heavy atom. The highest BCUT2D eigenvalue weighted by Gasteiger charge is 2.02. The van der Waals surface area contributed by atoms with Gasteiger partial charge < -0.3 is 9.47 Å². The Morgan fingerprint density at radius 3 is 2.46 bits per heavy atom. The Hall–Kier alpha value is -1.25. The Kier molecular flexibility index (Phi) is 5.68. The molecule has 0 amide bonds. The van der Waals surface area contributed by atoms with Crippen molar-refractivity contribution >= 4 is 5.97 Å². The van der Waals surface area contributed by atoms with Gasteiger partial charge in [0.05, 0.1) is 19.5 Å². The molecule has 74 valence electrons. The lowest BCUT2D eigenvalue weighted by Gasteiger charge is -2.05. The number of rotatable bonds is 6. The number of esters is 1. The van der Waals surface area contributed by atoms with E-state index in [1.807, 2.05) is 0 Å². The molecule has 0 radical (unpaired) electrons. The molecule has 0 aromatic heterocycles. The van der Waals surface area contributed by atoms with Crippen molar-refractivity contribution < 1.29 is 14.3 Å². The van der Waals surface area contributed by atoms with Crippen molar-refractivity contribution in [3.63, 3.8) is 0 Å². The van der Waals surface area contributed by atoms with Gasteiger partial charge in [0.15, 0.2) is 0 Å². The predicted molar refractivity (Wildman–Crippen MR) is 51.2 cm³/mol. The van der Waals surface area contributed by atoms with E-state index in [9.17, 15) is 4.79 Å². The highest BCUT2D eigenvalue weighted by atomic mass is 16.5. The van der Waals surface area contributed by atoms with Gasteiger partial charge in [0.25, 0.3) is 0 Å². The molecule has 0 aliphatic heterocycles. The summed E-state index contributed by atoms with van der Waals surface area (Å²) in [4.78, 5) is 10.9. The maximum atomic E-state index is 10.9. The van der Waals surface area contributed by atoms with E-state index in [-0.39, 0.29) is 5.97 Å². The number of ether oxygens (including phenoxy) is 2. The number of hydrogen-bond acceptors (Lipinski definition) is 3. The van der Waals surface area contributed by atoms with Crippen LogP contribution < -0.4 is 0 Å². The maximum Gasteiger partial charge on any atom is 0.333 e. The lowest BCUT2D eigenvalue weighted by atomic mass is 10.3. The van der Waals surface area contributed by atoms with Crippen molar-refractivity contribution in [3.05, 3.63) is 24.5 Å². The summed E-state index contributed by atoms with van der Waals surface area (Å²) in [5.41, 5.74) is 0.422. The Balaban J connectivity index is 3.41. The highest BCUT2D eigenvalue weighted by Crippen LogP contribution is 2.03. The van der Waals surface area contributed by atoms with Crippen LogP contribution >= 0.6 is 0 Å². The molecule has 0 aromatic rings. The number of allylic oxidation sites excluding steroid dienone is 1. The van der Waals surface area contributed by atoms with Gasteiger partial charge in [-0.05, 0) is 13.3 Å². The highest BCUT2D eigenvalue weighted by molar-refractivity contribution is 5.86. The molecule has 0 saturated carbocycles. The Bertz CT molecular complexity index is 206. The van der Waals surface area contributed by atoms with E-state index < -0.39 is 0 Å². The molecule has 0 N–H and O–H groups in total. The summed E-state index contributed by atoms with van der Waals surface area (Å²) < 4.78 is 9.72. The summed E-state index contributed by atoms with van der Waals surface area (Å²) in [5.74, 6) is 0.356. The molecule has 0 bridgehead atoms. The minimum atomic E-state index is -0.344. The molecule has 0 heterocycles. The van der Waals surface area contributed by atoms with Crippen molar-refractivity contribution in [2.24, 2.45) is 0 Å². The molecule has 0 aliphatic carbocycles. The largest absolute Gasteiger partial charge is 0.502 e. The van der Waals surface area contributed by atoms with Gasteiger partial charge in [-0.1, -0.05) is 13.2 Å². The summed E-state index contributed by atoms with van der Waals surface area (Å²) in [7, 11) is 1.57. The third-order valence-electron chi connectivity index (χ3n) is 1.47.